The summed E-state index contributed by atoms with van der Waals surface area (Å²) in [6.45, 7) is 4.57. The average Bonchev–Trinajstić information content (AvgIpc) is 2.33. The third kappa shape index (κ3) is 4.16. The highest BCUT2D eigenvalue weighted by Gasteiger charge is 2.30. The van der Waals surface area contributed by atoms with Gasteiger partial charge in [0.15, 0.2) is 0 Å². The minimum Gasteiger partial charge on any atom is -0.480 e. The van der Waals surface area contributed by atoms with Gasteiger partial charge < -0.3 is 10.0 Å². The van der Waals surface area contributed by atoms with Crippen LogP contribution in [0.2, 0.25) is 5.02 Å². The van der Waals surface area contributed by atoms with E-state index in [0.29, 0.717) is 0 Å². The van der Waals surface area contributed by atoms with Gasteiger partial charge in [-0.25, -0.2) is 0 Å². The Balaban J connectivity index is 3.21. The molecule has 1 amide bonds. The summed E-state index contributed by atoms with van der Waals surface area (Å²) in [6.07, 6.45) is 0. The molecule has 0 spiro atoms. The van der Waals surface area contributed by atoms with Gasteiger partial charge >= 0.3 is 5.97 Å². The molecule has 21 heavy (non-hydrogen) atoms. The van der Waals surface area contributed by atoms with E-state index >= 15 is 0 Å². The molecule has 0 fully saturated rings. The molecule has 1 rings (SSSR count). The molecule has 0 aromatic heterocycles. The molecule has 0 aliphatic carbocycles. The number of aliphatic carboxylic acids is 1. The Kier molecular flexibility index (Phi) is 4.90. The summed E-state index contributed by atoms with van der Waals surface area (Å²) >= 11 is 5.90. The zero-order valence-corrected chi connectivity index (χ0v) is 12.5. The van der Waals surface area contributed by atoms with Gasteiger partial charge in [-0.05, 0) is 26.8 Å². The molecular formula is C13H15ClN2O5. The van der Waals surface area contributed by atoms with Crippen LogP contribution in [0.3, 0.4) is 0 Å². The summed E-state index contributed by atoms with van der Waals surface area (Å²) in [5, 5.41) is 19.5. The van der Waals surface area contributed by atoms with Gasteiger partial charge in [0.1, 0.15) is 6.54 Å². The maximum absolute atomic E-state index is 12.4. The molecule has 1 aromatic rings. The summed E-state index contributed by atoms with van der Waals surface area (Å²) < 4.78 is 0. The number of non-ortho nitro benzene ring substituents is 1. The Morgan fingerprint density at radius 1 is 1.38 bits per heavy atom. The van der Waals surface area contributed by atoms with Crippen molar-refractivity contribution in [3.05, 3.63) is 38.9 Å². The van der Waals surface area contributed by atoms with Crippen LogP contribution in [-0.2, 0) is 4.79 Å². The molecule has 0 bridgehead atoms. The van der Waals surface area contributed by atoms with E-state index in [4.69, 9.17) is 16.7 Å². The number of nitro benzene ring substituents is 1. The second-order valence-corrected chi connectivity index (χ2v) is 5.78. The largest absolute Gasteiger partial charge is 0.480 e. The maximum atomic E-state index is 12.4. The van der Waals surface area contributed by atoms with E-state index in [1.54, 1.807) is 20.8 Å². The molecule has 8 heteroatoms. The lowest BCUT2D eigenvalue weighted by molar-refractivity contribution is -0.384. The molecule has 1 N–H and O–H groups in total. The number of carboxylic acids is 1. The highest BCUT2D eigenvalue weighted by atomic mass is 35.5. The van der Waals surface area contributed by atoms with E-state index in [0.717, 1.165) is 17.0 Å². The number of hydrogen-bond donors (Lipinski definition) is 1. The fourth-order valence-electron chi connectivity index (χ4n) is 1.69. The van der Waals surface area contributed by atoms with Crippen molar-refractivity contribution in [2.24, 2.45) is 0 Å². The van der Waals surface area contributed by atoms with Crippen LogP contribution in [0.5, 0.6) is 0 Å². The van der Waals surface area contributed by atoms with Crippen molar-refractivity contribution in [1.82, 2.24) is 4.90 Å². The molecule has 114 valence electrons. The van der Waals surface area contributed by atoms with Gasteiger partial charge in [0.25, 0.3) is 11.6 Å². The number of nitro groups is 1. The number of hydrogen-bond acceptors (Lipinski definition) is 4. The lowest BCUT2D eigenvalue weighted by Gasteiger charge is -2.34. The van der Waals surface area contributed by atoms with E-state index in [1.165, 1.54) is 6.07 Å². The number of carboxylic acid groups (broad SMARTS) is 1. The van der Waals surface area contributed by atoms with Gasteiger partial charge in [-0.1, -0.05) is 11.6 Å². The summed E-state index contributed by atoms with van der Waals surface area (Å²) in [5.41, 5.74) is -0.948. The quantitative estimate of drug-likeness (QED) is 0.680. The average molecular weight is 315 g/mol. The molecule has 0 atom stereocenters. The van der Waals surface area contributed by atoms with Crippen LogP contribution >= 0.6 is 11.6 Å². The smallest absolute Gasteiger partial charge is 0.323 e. The summed E-state index contributed by atoms with van der Waals surface area (Å²) in [6, 6.07) is 3.44. The summed E-state index contributed by atoms with van der Waals surface area (Å²) in [5.74, 6) is -1.75. The van der Waals surface area contributed by atoms with Crippen molar-refractivity contribution in [2.45, 2.75) is 26.3 Å². The number of benzene rings is 1. The van der Waals surface area contributed by atoms with Crippen LogP contribution in [0.15, 0.2) is 18.2 Å². The van der Waals surface area contributed by atoms with E-state index in [-0.39, 0.29) is 16.3 Å². The molecule has 0 heterocycles. The number of amides is 1. The van der Waals surface area contributed by atoms with Gasteiger partial charge in [-0.2, -0.15) is 0 Å². The first-order valence-electron chi connectivity index (χ1n) is 6.01. The van der Waals surface area contributed by atoms with Gasteiger partial charge in [0, 0.05) is 17.7 Å². The second-order valence-electron chi connectivity index (χ2n) is 5.38. The Morgan fingerprint density at radius 3 is 2.33 bits per heavy atom. The monoisotopic (exact) mass is 314 g/mol. The minimum atomic E-state index is -1.16. The van der Waals surface area contributed by atoms with Crippen molar-refractivity contribution in [3.8, 4) is 0 Å². The van der Waals surface area contributed by atoms with Crippen LogP contribution in [0, 0.1) is 10.1 Å². The van der Waals surface area contributed by atoms with Crippen molar-refractivity contribution in [1.29, 1.82) is 0 Å². The molecule has 0 unspecified atom stereocenters. The van der Waals surface area contributed by atoms with Gasteiger partial charge in [0.05, 0.1) is 15.5 Å². The van der Waals surface area contributed by atoms with Gasteiger partial charge in [-0.3, -0.25) is 19.7 Å². The van der Waals surface area contributed by atoms with E-state index in [9.17, 15) is 19.7 Å². The Morgan fingerprint density at radius 2 is 1.95 bits per heavy atom. The van der Waals surface area contributed by atoms with E-state index in [1.807, 2.05) is 0 Å². The topological polar surface area (TPSA) is 101 Å². The van der Waals surface area contributed by atoms with Crippen LogP contribution in [-0.4, -0.2) is 38.9 Å². The fourth-order valence-corrected chi connectivity index (χ4v) is 1.94. The number of nitrogens with zero attached hydrogens (tertiary/aromatic N) is 2. The maximum Gasteiger partial charge on any atom is 0.323 e. The minimum absolute atomic E-state index is 0.0263. The molecule has 0 aliphatic rings. The first-order chi connectivity index (χ1) is 9.54. The molecule has 1 aromatic carbocycles. The third-order valence-corrected chi connectivity index (χ3v) is 3.05. The Hall–Kier alpha value is -2.15. The first kappa shape index (κ1) is 16.9. The van der Waals surface area contributed by atoms with Crippen LogP contribution in [0.1, 0.15) is 31.1 Å². The summed E-state index contributed by atoms with van der Waals surface area (Å²) in [7, 11) is 0. The third-order valence-electron chi connectivity index (χ3n) is 2.74. The van der Waals surface area contributed by atoms with E-state index < -0.39 is 28.9 Å². The van der Waals surface area contributed by atoms with Crippen molar-refractivity contribution in [2.75, 3.05) is 6.54 Å². The van der Waals surface area contributed by atoms with Crippen LogP contribution in [0.25, 0.3) is 0 Å². The Labute approximate surface area is 126 Å². The van der Waals surface area contributed by atoms with Crippen molar-refractivity contribution >= 4 is 29.2 Å². The van der Waals surface area contributed by atoms with Crippen LogP contribution < -0.4 is 0 Å². The summed E-state index contributed by atoms with van der Waals surface area (Å²) in [4.78, 5) is 34.5. The zero-order chi connectivity index (χ0) is 16.4. The Bertz CT molecular complexity index is 595. The zero-order valence-electron chi connectivity index (χ0n) is 11.8. The lowest BCUT2D eigenvalue weighted by atomic mass is 10.0. The fraction of sp³-hybridized carbons (Fsp3) is 0.385. The molecule has 7 nitrogen and oxygen atoms in total. The molecule has 0 saturated heterocycles. The molecule has 0 aliphatic heterocycles. The standard InChI is InChI=1S/C13H15ClN2O5/c1-13(2,3)15(7-11(17)18)12(19)9-5-4-8(16(20)21)6-10(9)14/h4-6H,7H2,1-3H3,(H,17,18). The molecular weight excluding hydrogens is 300 g/mol. The van der Waals surface area contributed by atoms with Crippen molar-refractivity contribution < 1.29 is 19.6 Å². The predicted molar refractivity (Wildman–Crippen MR) is 76.5 cm³/mol. The SMILES string of the molecule is CC(C)(C)N(CC(=O)O)C(=O)c1ccc([N+](=O)[O-])cc1Cl. The number of halogens is 1. The van der Waals surface area contributed by atoms with Crippen molar-refractivity contribution in [3.63, 3.8) is 0 Å². The highest BCUT2D eigenvalue weighted by Crippen LogP contribution is 2.26. The molecule has 0 saturated carbocycles. The number of carbonyl (C=O) groups is 2. The number of rotatable bonds is 4. The number of carbonyl (C=O) groups excluding carboxylic acids is 1. The normalized spacial score (nSPS) is 11.0. The van der Waals surface area contributed by atoms with Crippen LogP contribution in [0.4, 0.5) is 5.69 Å². The highest BCUT2D eigenvalue weighted by molar-refractivity contribution is 6.34. The van der Waals surface area contributed by atoms with Gasteiger partial charge in [0.2, 0.25) is 0 Å². The first-order valence-corrected chi connectivity index (χ1v) is 6.39. The van der Waals surface area contributed by atoms with Gasteiger partial charge in [-0.15, -0.1) is 0 Å². The second kappa shape index (κ2) is 6.09. The lowest BCUT2D eigenvalue weighted by Crippen LogP contribution is -2.48. The molecule has 0 radical (unpaired) electrons. The van der Waals surface area contributed by atoms with E-state index in [2.05, 4.69) is 0 Å². The predicted octanol–water partition coefficient (Wildman–Crippen LogP) is 2.57.